The van der Waals surface area contributed by atoms with Crippen LogP contribution in [0.1, 0.15) is 26.7 Å². The summed E-state index contributed by atoms with van der Waals surface area (Å²) in [6, 6.07) is 0. The minimum atomic E-state index is -0.562. The van der Waals surface area contributed by atoms with Crippen LogP contribution in [0.2, 0.25) is 0 Å². The fourth-order valence-electron chi connectivity index (χ4n) is 1.87. The van der Waals surface area contributed by atoms with E-state index in [0.717, 1.165) is 0 Å². The van der Waals surface area contributed by atoms with Crippen LogP contribution in [-0.2, 0) is 28.5 Å². The summed E-state index contributed by atoms with van der Waals surface area (Å²) in [4.78, 5) is 21.9. The maximum atomic E-state index is 11.0. The smallest absolute Gasteiger partial charge is 0.303 e. The Morgan fingerprint density at radius 1 is 1.15 bits per heavy atom. The number of carbonyl (C=O) groups is 2. The van der Waals surface area contributed by atoms with E-state index < -0.39 is 30.4 Å². The molecule has 0 aromatic heterocycles. The summed E-state index contributed by atoms with van der Waals surface area (Å²) >= 11 is 0. The zero-order valence-corrected chi connectivity index (χ0v) is 11.7. The Balaban J connectivity index is 1.89. The van der Waals surface area contributed by atoms with Gasteiger partial charge in [-0.2, -0.15) is 0 Å². The standard InChI is InChI=1S/C14H20O6/c1-9(15)17-8-13-12(19-10(2)16)5-6-14(20-13)18-7-11-3-4-11/h5-6,11-14H,3-4,7-8H2,1-2H3/t12-,13+,14?/m0/s1. The largest absolute Gasteiger partial charge is 0.463 e. The molecule has 0 aromatic carbocycles. The second-order valence-corrected chi connectivity index (χ2v) is 5.08. The number of hydrogen-bond acceptors (Lipinski definition) is 6. The van der Waals surface area contributed by atoms with Crippen LogP contribution in [0.3, 0.4) is 0 Å². The van der Waals surface area contributed by atoms with Gasteiger partial charge in [-0.1, -0.05) is 0 Å². The Morgan fingerprint density at radius 3 is 2.50 bits per heavy atom. The van der Waals surface area contributed by atoms with E-state index in [-0.39, 0.29) is 6.61 Å². The van der Waals surface area contributed by atoms with Crippen molar-refractivity contribution in [3.63, 3.8) is 0 Å². The van der Waals surface area contributed by atoms with E-state index in [4.69, 9.17) is 18.9 Å². The average molecular weight is 284 g/mol. The molecule has 1 aliphatic carbocycles. The van der Waals surface area contributed by atoms with Gasteiger partial charge in [-0.3, -0.25) is 9.59 Å². The summed E-state index contributed by atoms with van der Waals surface area (Å²) in [7, 11) is 0. The molecule has 6 heteroatoms. The van der Waals surface area contributed by atoms with Gasteiger partial charge in [0.1, 0.15) is 18.8 Å². The first-order chi connectivity index (χ1) is 9.54. The van der Waals surface area contributed by atoms with Gasteiger partial charge in [0.2, 0.25) is 0 Å². The van der Waals surface area contributed by atoms with E-state index in [1.54, 1.807) is 12.2 Å². The molecule has 3 atom stereocenters. The molecule has 1 saturated carbocycles. The minimum absolute atomic E-state index is 0.0287. The van der Waals surface area contributed by atoms with Crippen LogP contribution in [0.4, 0.5) is 0 Å². The van der Waals surface area contributed by atoms with Crippen molar-refractivity contribution in [1.82, 2.24) is 0 Å². The molecule has 1 aliphatic heterocycles. The highest BCUT2D eigenvalue weighted by atomic mass is 16.7. The van der Waals surface area contributed by atoms with Crippen LogP contribution in [-0.4, -0.2) is 43.7 Å². The lowest BCUT2D eigenvalue weighted by Gasteiger charge is -2.31. The molecule has 1 heterocycles. The normalized spacial score (nSPS) is 29.0. The summed E-state index contributed by atoms with van der Waals surface area (Å²) in [6.45, 7) is 3.33. The monoisotopic (exact) mass is 284 g/mol. The lowest BCUT2D eigenvalue weighted by molar-refractivity contribution is -0.197. The fourth-order valence-corrected chi connectivity index (χ4v) is 1.87. The van der Waals surface area contributed by atoms with Crippen LogP contribution in [0.15, 0.2) is 12.2 Å². The van der Waals surface area contributed by atoms with Crippen molar-refractivity contribution in [2.75, 3.05) is 13.2 Å². The number of ether oxygens (including phenoxy) is 4. The first-order valence-electron chi connectivity index (χ1n) is 6.80. The predicted molar refractivity (Wildman–Crippen MR) is 68.7 cm³/mol. The highest BCUT2D eigenvalue weighted by Gasteiger charge is 2.32. The van der Waals surface area contributed by atoms with Crippen molar-refractivity contribution in [3.8, 4) is 0 Å². The second-order valence-electron chi connectivity index (χ2n) is 5.08. The topological polar surface area (TPSA) is 71.1 Å². The van der Waals surface area contributed by atoms with Gasteiger partial charge in [-0.15, -0.1) is 0 Å². The Kier molecular flexibility index (Phi) is 5.14. The maximum Gasteiger partial charge on any atom is 0.303 e. The van der Waals surface area contributed by atoms with E-state index in [2.05, 4.69) is 0 Å². The molecule has 1 unspecified atom stereocenters. The molecule has 0 aromatic rings. The molecule has 2 aliphatic rings. The van der Waals surface area contributed by atoms with Crippen LogP contribution in [0.25, 0.3) is 0 Å². The zero-order chi connectivity index (χ0) is 14.5. The van der Waals surface area contributed by atoms with E-state index in [9.17, 15) is 9.59 Å². The van der Waals surface area contributed by atoms with Crippen LogP contribution in [0, 0.1) is 5.92 Å². The van der Waals surface area contributed by atoms with Crippen molar-refractivity contribution >= 4 is 11.9 Å². The highest BCUT2D eigenvalue weighted by Crippen LogP contribution is 2.30. The number of rotatable bonds is 6. The number of carbonyl (C=O) groups excluding carboxylic acids is 2. The van der Waals surface area contributed by atoms with Crippen molar-refractivity contribution in [1.29, 1.82) is 0 Å². The molecule has 2 rings (SSSR count). The molecule has 0 amide bonds. The van der Waals surface area contributed by atoms with Gasteiger partial charge in [0.25, 0.3) is 0 Å². The van der Waals surface area contributed by atoms with E-state index in [1.807, 2.05) is 0 Å². The van der Waals surface area contributed by atoms with Gasteiger partial charge >= 0.3 is 11.9 Å². The zero-order valence-electron chi connectivity index (χ0n) is 11.7. The minimum Gasteiger partial charge on any atom is -0.463 e. The fraction of sp³-hybridized carbons (Fsp3) is 0.714. The average Bonchev–Trinajstić information content (AvgIpc) is 3.19. The van der Waals surface area contributed by atoms with Crippen molar-refractivity contribution in [3.05, 3.63) is 12.2 Å². The first-order valence-corrected chi connectivity index (χ1v) is 6.80. The molecule has 20 heavy (non-hydrogen) atoms. The summed E-state index contributed by atoms with van der Waals surface area (Å²) in [5, 5.41) is 0. The molecule has 0 spiro atoms. The quantitative estimate of drug-likeness (QED) is 0.539. The molecule has 0 radical (unpaired) electrons. The predicted octanol–water partition coefficient (Wildman–Crippen LogP) is 1.19. The first kappa shape index (κ1) is 15.0. The van der Waals surface area contributed by atoms with Crippen LogP contribution in [0.5, 0.6) is 0 Å². The molecule has 0 saturated heterocycles. The molecule has 1 fully saturated rings. The van der Waals surface area contributed by atoms with E-state index in [1.165, 1.54) is 26.7 Å². The third-order valence-electron chi connectivity index (χ3n) is 3.08. The van der Waals surface area contributed by atoms with E-state index >= 15 is 0 Å². The van der Waals surface area contributed by atoms with Gasteiger partial charge in [0.05, 0.1) is 6.61 Å². The summed E-state index contributed by atoms with van der Waals surface area (Å²) in [5.74, 6) is -0.182. The van der Waals surface area contributed by atoms with Gasteiger partial charge in [-0.05, 0) is 30.9 Å². The van der Waals surface area contributed by atoms with Gasteiger partial charge in [-0.25, -0.2) is 0 Å². The van der Waals surface area contributed by atoms with E-state index in [0.29, 0.717) is 12.5 Å². The third-order valence-corrected chi connectivity index (χ3v) is 3.08. The van der Waals surface area contributed by atoms with Crippen LogP contribution < -0.4 is 0 Å². The second kappa shape index (κ2) is 6.85. The number of esters is 2. The van der Waals surface area contributed by atoms with Gasteiger partial charge in [0.15, 0.2) is 6.29 Å². The Labute approximate surface area is 118 Å². The lowest BCUT2D eigenvalue weighted by atomic mass is 10.1. The molecule has 0 bridgehead atoms. The van der Waals surface area contributed by atoms with Crippen molar-refractivity contribution < 1.29 is 28.5 Å². The Hall–Kier alpha value is -1.40. The summed E-state index contributed by atoms with van der Waals surface area (Å²) in [6.07, 6.45) is 4.25. The molecule has 112 valence electrons. The maximum absolute atomic E-state index is 11.0. The lowest BCUT2D eigenvalue weighted by Crippen LogP contribution is -2.42. The third kappa shape index (κ3) is 4.94. The molecule has 0 N–H and O–H groups in total. The van der Waals surface area contributed by atoms with Gasteiger partial charge in [0, 0.05) is 13.8 Å². The summed E-state index contributed by atoms with van der Waals surface area (Å²) < 4.78 is 21.3. The molecule has 6 nitrogen and oxygen atoms in total. The summed E-state index contributed by atoms with van der Waals surface area (Å²) in [5.41, 5.74) is 0. The van der Waals surface area contributed by atoms with Crippen molar-refractivity contribution in [2.45, 2.75) is 45.2 Å². The van der Waals surface area contributed by atoms with Gasteiger partial charge < -0.3 is 18.9 Å². The Bertz CT molecular complexity index is 387. The molecular weight excluding hydrogens is 264 g/mol. The SMILES string of the molecule is CC(=O)OC[C@H]1OC(OCC2CC2)C=C[C@@H]1OC(C)=O. The Morgan fingerprint density at radius 2 is 1.90 bits per heavy atom. The van der Waals surface area contributed by atoms with Crippen molar-refractivity contribution in [2.24, 2.45) is 5.92 Å². The highest BCUT2D eigenvalue weighted by molar-refractivity contribution is 5.66. The molecular formula is C14H20O6. The number of hydrogen-bond donors (Lipinski definition) is 0. The van der Waals surface area contributed by atoms with Crippen LogP contribution >= 0.6 is 0 Å².